The molecular weight excluding hydrogens is 326 g/mol. The van der Waals surface area contributed by atoms with Crippen molar-refractivity contribution in [3.63, 3.8) is 0 Å². The molecule has 0 aliphatic carbocycles. The highest BCUT2D eigenvalue weighted by Crippen LogP contribution is 2.43. The molecule has 0 amide bonds. The Bertz CT molecular complexity index is 774. The normalized spacial score (nSPS) is 17.0. The predicted octanol–water partition coefficient (Wildman–Crippen LogP) is 3.92. The lowest BCUT2D eigenvalue weighted by atomic mass is 9.96. The first-order chi connectivity index (χ1) is 11.3. The fourth-order valence-electron chi connectivity index (χ4n) is 2.64. The quantitative estimate of drug-likeness (QED) is 0.842. The number of rotatable bonds is 2. The zero-order valence-electron chi connectivity index (χ0n) is 12.8. The van der Waals surface area contributed by atoms with Crippen molar-refractivity contribution in [1.82, 2.24) is 0 Å². The number of aryl methyl sites for hydroxylation is 1. The lowest BCUT2D eigenvalue weighted by Gasteiger charge is -2.28. The maximum Gasteiger partial charge on any atom is 0.416 e. The van der Waals surface area contributed by atoms with Gasteiger partial charge in [0.05, 0.1) is 5.56 Å². The van der Waals surface area contributed by atoms with Crippen LogP contribution in [0.15, 0.2) is 30.3 Å². The highest BCUT2D eigenvalue weighted by atomic mass is 19.4. The van der Waals surface area contributed by atoms with Crippen molar-refractivity contribution >= 4 is 0 Å². The number of nitrogens with two attached hydrogens (primary N) is 1. The third kappa shape index (κ3) is 3.03. The average molecular weight is 341 g/mol. The number of benzene rings is 2. The summed E-state index contributed by atoms with van der Waals surface area (Å²) in [6.45, 7) is 1.94. The maximum absolute atomic E-state index is 13.9. The Morgan fingerprint density at radius 2 is 1.92 bits per heavy atom. The van der Waals surface area contributed by atoms with Gasteiger partial charge in [-0.25, -0.2) is 4.39 Å². The molecule has 0 unspecified atom stereocenters. The fourth-order valence-corrected chi connectivity index (χ4v) is 2.64. The standard InChI is InChI=1S/C17H15F4NO2/c1-9-4-10(17(19,20)21)2-3-13(9)14-5-11(18)6-15-16(14)24-12(7-22)8-23-15/h2-6,12H,7-8,22H2,1H3/t12-/m0/s1. The Morgan fingerprint density at radius 1 is 1.17 bits per heavy atom. The van der Waals surface area contributed by atoms with Crippen molar-refractivity contribution in [1.29, 1.82) is 0 Å². The highest BCUT2D eigenvalue weighted by Gasteiger charge is 2.31. The molecular formula is C17H15F4NO2. The molecule has 0 saturated carbocycles. The van der Waals surface area contributed by atoms with Gasteiger partial charge in [0.2, 0.25) is 0 Å². The first-order valence-corrected chi connectivity index (χ1v) is 7.31. The Morgan fingerprint density at radius 3 is 2.54 bits per heavy atom. The van der Waals surface area contributed by atoms with Crippen molar-refractivity contribution in [2.75, 3.05) is 13.2 Å². The van der Waals surface area contributed by atoms with Crippen LogP contribution in [0.1, 0.15) is 11.1 Å². The van der Waals surface area contributed by atoms with Crippen LogP contribution in [-0.4, -0.2) is 19.3 Å². The number of halogens is 4. The molecule has 1 atom stereocenters. The molecule has 0 spiro atoms. The Hall–Kier alpha value is -2.28. The van der Waals surface area contributed by atoms with E-state index in [9.17, 15) is 17.6 Å². The van der Waals surface area contributed by atoms with Gasteiger partial charge in [-0.15, -0.1) is 0 Å². The molecule has 0 bridgehead atoms. The summed E-state index contributed by atoms with van der Waals surface area (Å²) >= 11 is 0. The predicted molar refractivity (Wildman–Crippen MR) is 80.5 cm³/mol. The molecule has 0 aromatic heterocycles. The van der Waals surface area contributed by atoms with E-state index in [4.69, 9.17) is 15.2 Å². The maximum atomic E-state index is 13.9. The molecule has 24 heavy (non-hydrogen) atoms. The minimum absolute atomic E-state index is 0.193. The zero-order chi connectivity index (χ0) is 17.5. The summed E-state index contributed by atoms with van der Waals surface area (Å²) < 4.78 is 63.5. The van der Waals surface area contributed by atoms with E-state index >= 15 is 0 Å². The van der Waals surface area contributed by atoms with Gasteiger partial charge in [-0.1, -0.05) is 6.07 Å². The van der Waals surface area contributed by atoms with E-state index in [-0.39, 0.29) is 18.9 Å². The van der Waals surface area contributed by atoms with Gasteiger partial charge in [0.25, 0.3) is 0 Å². The number of ether oxygens (including phenoxy) is 2. The second-order valence-electron chi connectivity index (χ2n) is 5.59. The molecule has 1 aliphatic heterocycles. The van der Waals surface area contributed by atoms with Crippen molar-refractivity contribution in [2.45, 2.75) is 19.2 Å². The molecule has 2 N–H and O–H groups in total. The summed E-state index contributed by atoms with van der Waals surface area (Å²) in [7, 11) is 0. The molecule has 3 nitrogen and oxygen atoms in total. The van der Waals surface area contributed by atoms with Gasteiger partial charge in [0.15, 0.2) is 11.5 Å². The van der Waals surface area contributed by atoms with Gasteiger partial charge >= 0.3 is 6.18 Å². The van der Waals surface area contributed by atoms with Gasteiger partial charge < -0.3 is 15.2 Å². The smallest absolute Gasteiger partial charge is 0.416 e. The van der Waals surface area contributed by atoms with E-state index in [0.717, 1.165) is 12.1 Å². The number of hydrogen-bond acceptors (Lipinski definition) is 3. The van der Waals surface area contributed by atoms with Gasteiger partial charge in [-0.3, -0.25) is 0 Å². The second kappa shape index (κ2) is 5.98. The molecule has 3 rings (SSSR count). The molecule has 128 valence electrons. The van der Waals surface area contributed by atoms with Crippen molar-refractivity contribution < 1.29 is 27.0 Å². The second-order valence-corrected chi connectivity index (χ2v) is 5.59. The van der Waals surface area contributed by atoms with E-state index < -0.39 is 23.7 Å². The lowest BCUT2D eigenvalue weighted by Crippen LogP contribution is -2.36. The Labute approximate surface area is 136 Å². The summed E-state index contributed by atoms with van der Waals surface area (Å²) in [4.78, 5) is 0. The fraction of sp³-hybridized carbons (Fsp3) is 0.294. The van der Waals surface area contributed by atoms with Gasteiger partial charge in [-0.2, -0.15) is 13.2 Å². The summed E-state index contributed by atoms with van der Waals surface area (Å²) in [5.74, 6) is -0.0483. The van der Waals surface area contributed by atoms with E-state index in [1.54, 1.807) is 0 Å². The monoisotopic (exact) mass is 341 g/mol. The van der Waals surface area contributed by atoms with Gasteiger partial charge in [0.1, 0.15) is 18.5 Å². The van der Waals surface area contributed by atoms with Crippen LogP contribution in [0.4, 0.5) is 17.6 Å². The van der Waals surface area contributed by atoms with E-state index in [1.807, 2.05) is 0 Å². The average Bonchev–Trinajstić information content (AvgIpc) is 2.52. The topological polar surface area (TPSA) is 44.5 Å². The third-order valence-electron chi connectivity index (χ3n) is 3.84. The van der Waals surface area contributed by atoms with Gasteiger partial charge in [-0.05, 0) is 36.2 Å². The summed E-state index contributed by atoms with van der Waals surface area (Å²) in [5, 5.41) is 0. The first kappa shape index (κ1) is 16.6. The highest BCUT2D eigenvalue weighted by molar-refractivity contribution is 5.77. The molecule has 7 heteroatoms. The summed E-state index contributed by atoms with van der Waals surface area (Å²) in [6.07, 6.45) is -4.83. The van der Waals surface area contributed by atoms with Crippen LogP contribution in [0.2, 0.25) is 0 Å². The molecule has 0 saturated heterocycles. The zero-order valence-corrected chi connectivity index (χ0v) is 12.8. The molecule has 0 fully saturated rings. The minimum Gasteiger partial charge on any atom is -0.486 e. The van der Waals surface area contributed by atoms with Crippen LogP contribution in [0.5, 0.6) is 11.5 Å². The van der Waals surface area contributed by atoms with Crippen LogP contribution in [0, 0.1) is 12.7 Å². The van der Waals surface area contributed by atoms with Crippen LogP contribution >= 0.6 is 0 Å². The molecule has 1 heterocycles. The first-order valence-electron chi connectivity index (χ1n) is 7.31. The Kier molecular flexibility index (Phi) is 4.13. The molecule has 2 aromatic rings. The van der Waals surface area contributed by atoms with E-state index in [0.29, 0.717) is 22.4 Å². The Balaban J connectivity index is 2.12. The largest absolute Gasteiger partial charge is 0.486 e. The van der Waals surface area contributed by atoms with Crippen molar-refractivity contribution in [2.24, 2.45) is 5.73 Å². The van der Waals surface area contributed by atoms with Crippen LogP contribution in [0.25, 0.3) is 11.1 Å². The number of alkyl halides is 3. The lowest BCUT2D eigenvalue weighted by molar-refractivity contribution is -0.137. The molecule has 0 radical (unpaired) electrons. The van der Waals surface area contributed by atoms with Crippen molar-refractivity contribution in [3.05, 3.63) is 47.3 Å². The van der Waals surface area contributed by atoms with E-state index in [2.05, 4.69) is 0 Å². The minimum atomic E-state index is -4.44. The van der Waals surface area contributed by atoms with Crippen LogP contribution in [0.3, 0.4) is 0 Å². The van der Waals surface area contributed by atoms with Gasteiger partial charge in [0, 0.05) is 18.2 Å². The number of fused-ring (bicyclic) bond motifs is 1. The van der Waals surface area contributed by atoms with Crippen LogP contribution in [-0.2, 0) is 6.18 Å². The van der Waals surface area contributed by atoms with E-state index in [1.165, 1.54) is 25.1 Å². The molecule has 2 aromatic carbocycles. The summed E-state index contributed by atoms with van der Waals surface area (Å²) in [6, 6.07) is 5.70. The summed E-state index contributed by atoms with van der Waals surface area (Å²) in [5.41, 5.74) is 5.96. The number of hydrogen-bond donors (Lipinski definition) is 1. The SMILES string of the molecule is Cc1cc(C(F)(F)F)ccc1-c1cc(F)cc2c1O[C@@H](CN)CO2. The van der Waals surface area contributed by atoms with Crippen molar-refractivity contribution in [3.8, 4) is 22.6 Å². The third-order valence-corrected chi connectivity index (χ3v) is 3.84. The van der Waals surface area contributed by atoms with Crippen LogP contribution < -0.4 is 15.2 Å². The molecule has 1 aliphatic rings.